The Kier molecular flexibility index (Phi) is 6.15. The molecule has 0 unspecified atom stereocenters. The largest absolute Gasteiger partial charge is 0.477 e. The number of nitrogens with one attached hydrogen (secondary N) is 2. The number of hydrogen-bond donors (Lipinski definition) is 3. The number of carboxylic acid groups (broad SMARTS) is 1. The molecule has 8 heteroatoms. The van der Waals surface area contributed by atoms with E-state index in [0.29, 0.717) is 41.7 Å². The van der Waals surface area contributed by atoms with Gasteiger partial charge in [-0.25, -0.2) is 9.59 Å². The number of aromatic carboxylic acids is 1. The first-order valence-electron chi connectivity index (χ1n) is 11.1. The quantitative estimate of drug-likeness (QED) is 0.266. The number of fused-ring (bicyclic) bond motifs is 2. The van der Waals surface area contributed by atoms with Crippen molar-refractivity contribution in [1.29, 1.82) is 0 Å². The molecular weight excluding hydrogens is 434 g/mol. The van der Waals surface area contributed by atoms with Crippen LogP contribution in [0.3, 0.4) is 0 Å². The molecule has 0 spiro atoms. The lowest BCUT2D eigenvalue weighted by atomic mass is 10.1. The Labute approximate surface area is 196 Å². The van der Waals surface area contributed by atoms with Gasteiger partial charge in [0, 0.05) is 40.5 Å². The molecule has 2 aromatic heterocycles. The summed E-state index contributed by atoms with van der Waals surface area (Å²) in [6, 6.07) is 16.3. The van der Waals surface area contributed by atoms with Gasteiger partial charge in [0.05, 0.1) is 5.69 Å². The van der Waals surface area contributed by atoms with E-state index in [0.717, 1.165) is 10.9 Å². The average molecular weight is 462 g/mol. The Morgan fingerprint density at radius 2 is 1.79 bits per heavy atom. The molecule has 0 saturated carbocycles. The number of carboxylic acids is 1. The SMILES string of the molecule is CC(C)(C)OC(=O)NCCCn1c(C(=O)c2ccc3[nH]c(C(=O)O)cc3c2)cc2ccccc21. The van der Waals surface area contributed by atoms with Gasteiger partial charge < -0.3 is 24.7 Å². The summed E-state index contributed by atoms with van der Waals surface area (Å²) in [5.41, 5.74) is 2.10. The van der Waals surface area contributed by atoms with Gasteiger partial charge in [-0.15, -0.1) is 0 Å². The van der Waals surface area contributed by atoms with Gasteiger partial charge in [0.2, 0.25) is 5.78 Å². The van der Waals surface area contributed by atoms with Crippen LogP contribution < -0.4 is 5.32 Å². The summed E-state index contributed by atoms with van der Waals surface area (Å²) in [7, 11) is 0. The zero-order chi connectivity index (χ0) is 24.5. The number of alkyl carbamates (subject to hydrolysis) is 1. The highest BCUT2D eigenvalue weighted by molar-refractivity contribution is 6.12. The van der Waals surface area contributed by atoms with Gasteiger partial charge in [0.1, 0.15) is 11.3 Å². The normalized spacial score (nSPS) is 11.6. The van der Waals surface area contributed by atoms with Crippen molar-refractivity contribution in [2.24, 2.45) is 0 Å². The molecule has 2 heterocycles. The molecule has 1 amide bonds. The van der Waals surface area contributed by atoms with Crippen LogP contribution >= 0.6 is 0 Å². The maximum Gasteiger partial charge on any atom is 0.407 e. The highest BCUT2D eigenvalue weighted by Crippen LogP contribution is 2.25. The second-order valence-electron chi connectivity index (χ2n) is 9.14. The number of nitrogens with zero attached hydrogens (tertiary/aromatic N) is 1. The van der Waals surface area contributed by atoms with E-state index in [2.05, 4.69) is 10.3 Å². The van der Waals surface area contributed by atoms with Crippen LogP contribution in [0.2, 0.25) is 0 Å². The third-order valence-corrected chi connectivity index (χ3v) is 5.38. The first-order valence-corrected chi connectivity index (χ1v) is 11.1. The Bertz CT molecular complexity index is 1390. The Morgan fingerprint density at radius 3 is 2.53 bits per heavy atom. The number of hydrogen-bond acceptors (Lipinski definition) is 4. The molecule has 34 heavy (non-hydrogen) atoms. The van der Waals surface area contributed by atoms with Crippen molar-refractivity contribution in [3.8, 4) is 0 Å². The number of ether oxygens (including phenoxy) is 1. The summed E-state index contributed by atoms with van der Waals surface area (Å²) >= 11 is 0. The molecule has 3 N–H and O–H groups in total. The number of H-pyrrole nitrogens is 1. The van der Waals surface area contributed by atoms with Gasteiger partial charge in [-0.3, -0.25) is 4.79 Å². The van der Waals surface area contributed by atoms with Crippen LogP contribution in [0.4, 0.5) is 4.79 Å². The fourth-order valence-electron chi connectivity index (χ4n) is 3.92. The number of para-hydroxylation sites is 1. The minimum Gasteiger partial charge on any atom is -0.477 e. The Morgan fingerprint density at radius 1 is 1.03 bits per heavy atom. The molecule has 0 aliphatic heterocycles. The van der Waals surface area contributed by atoms with E-state index in [1.54, 1.807) is 18.2 Å². The van der Waals surface area contributed by atoms with Crippen molar-refractivity contribution in [3.05, 3.63) is 71.5 Å². The lowest BCUT2D eigenvalue weighted by Crippen LogP contribution is -2.33. The summed E-state index contributed by atoms with van der Waals surface area (Å²) in [5.74, 6) is -1.21. The third-order valence-electron chi connectivity index (χ3n) is 5.38. The standard InChI is InChI=1S/C26H27N3O5/c1-26(2,3)34-25(33)27-11-6-12-29-21-8-5-4-7-16(21)15-22(29)23(30)17-9-10-19-18(13-17)14-20(28-19)24(31)32/h4-5,7-10,13-15,28H,6,11-12H2,1-3H3,(H,27,33)(H,31,32). The van der Waals surface area contributed by atoms with Crippen molar-refractivity contribution in [2.45, 2.75) is 39.3 Å². The van der Waals surface area contributed by atoms with Crippen LogP contribution in [0.1, 0.15) is 53.7 Å². The average Bonchev–Trinajstić information content (AvgIpc) is 3.36. The molecule has 0 aliphatic carbocycles. The topological polar surface area (TPSA) is 113 Å². The molecule has 0 radical (unpaired) electrons. The monoisotopic (exact) mass is 461 g/mol. The minimum atomic E-state index is -1.05. The molecule has 8 nitrogen and oxygen atoms in total. The predicted octanol–water partition coefficient (Wildman–Crippen LogP) is 4.97. The second kappa shape index (κ2) is 9.05. The molecule has 0 atom stereocenters. The first kappa shape index (κ1) is 23.1. The van der Waals surface area contributed by atoms with E-state index in [9.17, 15) is 19.5 Å². The lowest BCUT2D eigenvalue weighted by molar-refractivity contribution is 0.0525. The van der Waals surface area contributed by atoms with Gasteiger partial charge in [0.25, 0.3) is 0 Å². The Hall–Kier alpha value is -4.07. The summed E-state index contributed by atoms with van der Waals surface area (Å²) in [5, 5.41) is 13.6. The summed E-state index contributed by atoms with van der Waals surface area (Å²) in [6.07, 6.45) is 0.138. The van der Waals surface area contributed by atoms with E-state index in [1.165, 1.54) is 6.07 Å². The van der Waals surface area contributed by atoms with Gasteiger partial charge in [0.15, 0.2) is 0 Å². The van der Waals surface area contributed by atoms with Gasteiger partial charge >= 0.3 is 12.1 Å². The number of amides is 1. The molecular formula is C26H27N3O5. The molecule has 0 aliphatic rings. The van der Waals surface area contributed by atoms with Crippen molar-refractivity contribution < 1.29 is 24.2 Å². The summed E-state index contributed by atoms with van der Waals surface area (Å²) < 4.78 is 7.22. The highest BCUT2D eigenvalue weighted by Gasteiger charge is 2.19. The number of carbonyl (C=O) groups excluding carboxylic acids is 2. The number of ketones is 1. The lowest BCUT2D eigenvalue weighted by Gasteiger charge is -2.19. The number of rotatable bonds is 7. The fraction of sp³-hybridized carbons (Fsp3) is 0.269. The maximum absolute atomic E-state index is 13.5. The van der Waals surface area contributed by atoms with Gasteiger partial charge in [-0.05, 0) is 63.6 Å². The minimum absolute atomic E-state index is 0.0752. The van der Waals surface area contributed by atoms with Crippen LogP contribution in [0.15, 0.2) is 54.6 Å². The Balaban J connectivity index is 1.57. The predicted molar refractivity (Wildman–Crippen MR) is 129 cm³/mol. The third kappa shape index (κ3) is 4.96. The van der Waals surface area contributed by atoms with E-state index < -0.39 is 17.7 Å². The first-order chi connectivity index (χ1) is 16.1. The van der Waals surface area contributed by atoms with Crippen molar-refractivity contribution >= 4 is 39.7 Å². The summed E-state index contributed by atoms with van der Waals surface area (Å²) in [6.45, 7) is 6.36. The molecule has 0 fully saturated rings. The molecule has 4 rings (SSSR count). The van der Waals surface area contributed by atoms with E-state index in [4.69, 9.17) is 4.74 Å². The van der Waals surface area contributed by atoms with Crippen LogP contribution in [0.5, 0.6) is 0 Å². The van der Waals surface area contributed by atoms with Crippen molar-refractivity contribution in [2.75, 3.05) is 6.54 Å². The van der Waals surface area contributed by atoms with Crippen LogP contribution in [-0.4, -0.2) is 44.6 Å². The molecule has 176 valence electrons. The number of benzene rings is 2. The maximum atomic E-state index is 13.5. The molecule has 4 aromatic rings. The molecule has 0 saturated heterocycles. The number of aromatic amines is 1. The zero-order valence-corrected chi connectivity index (χ0v) is 19.3. The van der Waals surface area contributed by atoms with Gasteiger partial charge in [-0.2, -0.15) is 0 Å². The van der Waals surface area contributed by atoms with Crippen LogP contribution in [0.25, 0.3) is 21.8 Å². The number of aromatic nitrogens is 2. The number of carbonyl (C=O) groups is 3. The second-order valence-corrected chi connectivity index (χ2v) is 9.14. The van der Waals surface area contributed by atoms with E-state index in [-0.39, 0.29) is 11.5 Å². The van der Waals surface area contributed by atoms with E-state index >= 15 is 0 Å². The van der Waals surface area contributed by atoms with Crippen LogP contribution in [0, 0.1) is 0 Å². The fourth-order valence-corrected chi connectivity index (χ4v) is 3.92. The smallest absolute Gasteiger partial charge is 0.407 e. The number of aryl methyl sites for hydroxylation is 1. The van der Waals surface area contributed by atoms with Crippen LogP contribution in [-0.2, 0) is 11.3 Å². The zero-order valence-electron chi connectivity index (χ0n) is 19.3. The molecule has 2 aromatic carbocycles. The molecule has 0 bridgehead atoms. The van der Waals surface area contributed by atoms with Crippen molar-refractivity contribution in [1.82, 2.24) is 14.9 Å². The van der Waals surface area contributed by atoms with Crippen molar-refractivity contribution in [3.63, 3.8) is 0 Å². The summed E-state index contributed by atoms with van der Waals surface area (Å²) in [4.78, 5) is 39.5. The highest BCUT2D eigenvalue weighted by atomic mass is 16.6. The van der Waals surface area contributed by atoms with E-state index in [1.807, 2.05) is 55.7 Å². The van der Waals surface area contributed by atoms with Gasteiger partial charge in [-0.1, -0.05) is 18.2 Å².